The number of nitrogens with zero attached hydrogens (tertiary/aromatic N) is 4. The summed E-state index contributed by atoms with van der Waals surface area (Å²) in [7, 11) is 2.93. The maximum absolute atomic E-state index is 14.3. The van der Waals surface area contributed by atoms with Gasteiger partial charge in [0.1, 0.15) is 0 Å². The van der Waals surface area contributed by atoms with Crippen LogP contribution in [0, 0.1) is 0 Å². The smallest absolute Gasteiger partial charge is 0.407 e. The van der Waals surface area contributed by atoms with Crippen molar-refractivity contribution in [2.24, 2.45) is 0 Å². The van der Waals surface area contributed by atoms with Crippen LogP contribution in [0.1, 0.15) is 62.6 Å². The second-order valence-corrected chi connectivity index (χ2v) is 14.5. The van der Waals surface area contributed by atoms with Gasteiger partial charge in [-0.1, -0.05) is 65.8 Å². The van der Waals surface area contributed by atoms with Crippen LogP contribution in [-0.2, 0) is 30.7 Å². The van der Waals surface area contributed by atoms with Gasteiger partial charge in [0.25, 0.3) is 11.8 Å². The third kappa shape index (κ3) is 10.4. The van der Waals surface area contributed by atoms with Gasteiger partial charge in [-0.25, -0.2) is 9.78 Å². The number of alkyl carbamates (subject to hydrolysis) is 1. The highest BCUT2D eigenvalue weighted by Gasteiger charge is 2.31. The summed E-state index contributed by atoms with van der Waals surface area (Å²) in [6, 6.07) is 21.6. The second kappa shape index (κ2) is 19.1. The van der Waals surface area contributed by atoms with E-state index in [1.807, 2.05) is 66.0 Å². The third-order valence-corrected chi connectivity index (χ3v) is 10.5. The van der Waals surface area contributed by atoms with E-state index in [4.69, 9.17) is 19.0 Å². The van der Waals surface area contributed by atoms with E-state index in [0.29, 0.717) is 17.9 Å². The number of aliphatic hydroxyl groups excluding tert-OH is 1. The van der Waals surface area contributed by atoms with Crippen LogP contribution in [0.15, 0.2) is 95.0 Å². The summed E-state index contributed by atoms with van der Waals surface area (Å²) >= 11 is 1.53. The van der Waals surface area contributed by atoms with Crippen molar-refractivity contribution in [2.75, 3.05) is 32.1 Å². The Balaban J connectivity index is 1.22. The van der Waals surface area contributed by atoms with Crippen LogP contribution in [-0.4, -0.2) is 88.6 Å². The van der Waals surface area contributed by atoms with E-state index in [0.717, 1.165) is 42.2 Å². The predicted molar refractivity (Wildman–Crippen MR) is 210 cm³/mol. The molecule has 15 heteroatoms. The van der Waals surface area contributed by atoms with Gasteiger partial charge < -0.3 is 44.6 Å². The van der Waals surface area contributed by atoms with Crippen molar-refractivity contribution in [3.05, 3.63) is 124 Å². The molecule has 6 rings (SSSR count). The number of hydrogen-bond donors (Lipinski definition) is 4. The number of nitrogens with one attached hydrogen (secondary N) is 2. The minimum atomic E-state index is -1.16. The second-order valence-electron chi connectivity index (χ2n) is 13.7. The number of anilines is 1. The summed E-state index contributed by atoms with van der Waals surface area (Å²) in [6.45, 7) is 1.92. The van der Waals surface area contributed by atoms with Crippen molar-refractivity contribution in [1.82, 2.24) is 25.7 Å². The number of methoxy groups -OCH3 is 1. The highest BCUT2D eigenvalue weighted by Crippen LogP contribution is 2.34. The van der Waals surface area contributed by atoms with Crippen LogP contribution in [0.4, 0.5) is 9.93 Å². The average Bonchev–Trinajstić information content (AvgIpc) is 4.02. The van der Waals surface area contributed by atoms with Gasteiger partial charge >= 0.3 is 6.09 Å². The van der Waals surface area contributed by atoms with Gasteiger partial charge in [0.2, 0.25) is 0 Å². The van der Waals surface area contributed by atoms with Gasteiger partial charge in [-0.2, -0.15) is 0 Å². The Morgan fingerprint density at radius 2 is 1.66 bits per heavy atom. The van der Waals surface area contributed by atoms with Crippen LogP contribution in [0.2, 0.25) is 0 Å². The first kappa shape index (κ1) is 39.8. The quantitative estimate of drug-likeness (QED) is 0.0956. The number of thiazole rings is 1. The van der Waals surface area contributed by atoms with E-state index in [2.05, 4.69) is 20.7 Å². The number of hydrogen-bond acceptors (Lipinski definition) is 12. The lowest BCUT2D eigenvalue weighted by Crippen LogP contribution is -2.49. The summed E-state index contributed by atoms with van der Waals surface area (Å²) < 4.78 is 15.9. The number of aromatic nitrogens is 2. The Morgan fingerprint density at radius 3 is 2.32 bits per heavy atom. The molecular formula is C41H46N6O8S. The number of rotatable bonds is 17. The predicted octanol–water partition coefficient (Wildman–Crippen LogP) is 5.35. The van der Waals surface area contributed by atoms with Gasteiger partial charge in [0.15, 0.2) is 29.0 Å². The molecule has 1 aliphatic heterocycles. The zero-order valence-electron chi connectivity index (χ0n) is 31.3. The van der Waals surface area contributed by atoms with E-state index in [1.54, 1.807) is 13.1 Å². The molecule has 4 N–H and O–H groups in total. The van der Waals surface area contributed by atoms with E-state index in [9.17, 15) is 24.6 Å². The number of benzene rings is 3. The standard InChI is InChI=1S/C41H46N6O8S/c1-46(24-30-26-56-40(44-30)47-19-9-10-20-47)39(51)36-32(15-16-34(48)37(36)53-2)38(50)43-29(21-27-11-5-3-6-12-27)23-35(49)33(22-28-13-7-4-8-14-28)45-41(52)54-25-31-17-18-42-55-31/h3-8,11-18,26,29,33,35,48-49H,9-10,19-25H2,1-2H3,(H,43,50)(H,45,52)/t29-,33-,35-/m0/s1. The fourth-order valence-corrected chi connectivity index (χ4v) is 7.59. The Kier molecular flexibility index (Phi) is 13.6. The fourth-order valence-electron chi connectivity index (χ4n) is 6.72. The molecule has 2 aromatic heterocycles. The Morgan fingerprint density at radius 1 is 0.964 bits per heavy atom. The minimum Gasteiger partial charge on any atom is -0.504 e. The molecule has 1 fully saturated rings. The average molecular weight is 783 g/mol. The molecule has 0 unspecified atom stereocenters. The molecule has 294 valence electrons. The molecule has 3 aromatic carbocycles. The first-order chi connectivity index (χ1) is 27.2. The van der Waals surface area contributed by atoms with Crippen molar-refractivity contribution < 1.29 is 38.6 Å². The first-order valence-electron chi connectivity index (χ1n) is 18.4. The SMILES string of the molecule is COc1c(O)ccc(C(=O)N[C@@H](Cc2ccccc2)C[C@H](O)[C@H](Cc2ccccc2)NC(=O)OCc2ccno2)c1C(=O)N(C)Cc1csc(N2CCCC2)n1. The van der Waals surface area contributed by atoms with Crippen LogP contribution in [0.25, 0.3) is 0 Å². The summed E-state index contributed by atoms with van der Waals surface area (Å²) in [5.74, 6) is -1.24. The molecule has 0 bridgehead atoms. The third-order valence-electron chi connectivity index (χ3n) is 9.55. The molecule has 0 spiro atoms. The molecule has 3 amide bonds. The molecule has 14 nitrogen and oxygen atoms in total. The minimum absolute atomic E-state index is 0.0160. The van der Waals surface area contributed by atoms with Crippen molar-refractivity contribution in [1.29, 1.82) is 0 Å². The zero-order chi connectivity index (χ0) is 39.4. The van der Waals surface area contributed by atoms with Crippen LogP contribution in [0.5, 0.6) is 11.5 Å². The topological polar surface area (TPSA) is 180 Å². The summed E-state index contributed by atoms with van der Waals surface area (Å²) in [5, 5.41) is 34.8. The maximum Gasteiger partial charge on any atom is 0.407 e. The Bertz CT molecular complexity index is 2040. The molecule has 1 aliphatic rings. The van der Waals surface area contributed by atoms with E-state index >= 15 is 0 Å². The normalized spacial score (nSPS) is 14.1. The number of aromatic hydroxyl groups is 1. The van der Waals surface area contributed by atoms with Crippen LogP contribution < -0.4 is 20.3 Å². The number of phenolic OH excluding ortho intramolecular Hbond substituents is 1. The summed E-state index contributed by atoms with van der Waals surface area (Å²) in [4.78, 5) is 49.8. The Labute approximate surface area is 329 Å². The lowest BCUT2D eigenvalue weighted by Gasteiger charge is -2.28. The van der Waals surface area contributed by atoms with Crippen molar-refractivity contribution in [3.63, 3.8) is 0 Å². The monoisotopic (exact) mass is 782 g/mol. The van der Waals surface area contributed by atoms with Crippen molar-refractivity contribution >= 4 is 34.4 Å². The van der Waals surface area contributed by atoms with Gasteiger partial charge in [0.05, 0.1) is 48.8 Å². The largest absolute Gasteiger partial charge is 0.504 e. The van der Waals surface area contributed by atoms with Gasteiger partial charge in [-0.05, 0) is 55.4 Å². The number of phenols is 1. The number of aliphatic hydroxyl groups is 1. The fraction of sp³-hybridized carbons (Fsp3) is 0.341. The number of ether oxygens (including phenoxy) is 2. The number of carbonyl (C=O) groups is 3. The van der Waals surface area contributed by atoms with Gasteiger partial charge in [0, 0.05) is 37.6 Å². The highest BCUT2D eigenvalue weighted by molar-refractivity contribution is 7.13. The highest BCUT2D eigenvalue weighted by atomic mass is 32.1. The molecule has 56 heavy (non-hydrogen) atoms. The molecule has 0 aliphatic carbocycles. The molecule has 3 heterocycles. The molecule has 5 aromatic rings. The number of carbonyl (C=O) groups excluding carboxylic acids is 3. The zero-order valence-corrected chi connectivity index (χ0v) is 32.1. The lowest BCUT2D eigenvalue weighted by molar-refractivity contribution is 0.0760. The lowest BCUT2D eigenvalue weighted by atomic mass is 9.93. The van der Waals surface area contributed by atoms with Crippen molar-refractivity contribution in [2.45, 2.75) is 63.4 Å². The van der Waals surface area contributed by atoms with Crippen LogP contribution in [0.3, 0.4) is 0 Å². The van der Waals surface area contributed by atoms with Crippen molar-refractivity contribution in [3.8, 4) is 11.5 Å². The Hall–Kier alpha value is -5.93. The molecule has 0 radical (unpaired) electrons. The summed E-state index contributed by atoms with van der Waals surface area (Å²) in [6.07, 6.45) is 2.35. The molecule has 3 atom stereocenters. The summed E-state index contributed by atoms with van der Waals surface area (Å²) in [5.41, 5.74) is 2.33. The molecule has 0 saturated carbocycles. The van der Waals surface area contributed by atoms with E-state index in [-0.39, 0.29) is 48.6 Å². The number of amides is 3. The van der Waals surface area contributed by atoms with Crippen LogP contribution >= 0.6 is 11.3 Å². The molecule has 1 saturated heterocycles. The van der Waals surface area contributed by atoms with Gasteiger partial charge in [-0.15, -0.1) is 11.3 Å². The maximum atomic E-state index is 14.3. The first-order valence-corrected chi connectivity index (χ1v) is 19.3. The van der Waals surface area contributed by atoms with E-state index in [1.165, 1.54) is 41.7 Å². The van der Waals surface area contributed by atoms with Gasteiger partial charge in [-0.3, -0.25) is 9.59 Å². The van der Waals surface area contributed by atoms with E-state index < -0.39 is 36.1 Å². The molecular weight excluding hydrogens is 737 g/mol.